The third kappa shape index (κ3) is 1.57. The summed E-state index contributed by atoms with van der Waals surface area (Å²) >= 11 is 0. The lowest BCUT2D eigenvalue weighted by molar-refractivity contribution is -0.133. The molecule has 0 N–H and O–H groups in total. The van der Waals surface area contributed by atoms with Gasteiger partial charge < -0.3 is 9.64 Å². The Hall–Kier alpha value is -0.570. The van der Waals surface area contributed by atoms with Gasteiger partial charge in [0.2, 0.25) is 5.91 Å². The summed E-state index contributed by atoms with van der Waals surface area (Å²) in [4.78, 5) is 13.7. The number of amides is 1. The molecular formula is C10H17NO2. The molecule has 0 aromatic heterocycles. The van der Waals surface area contributed by atoms with Crippen molar-refractivity contribution in [2.24, 2.45) is 17.8 Å². The summed E-state index contributed by atoms with van der Waals surface area (Å²) in [5, 5.41) is 0. The molecule has 2 heterocycles. The van der Waals surface area contributed by atoms with Crippen molar-refractivity contribution < 1.29 is 9.53 Å². The number of ether oxygens (including phenoxy) is 1. The smallest absolute Gasteiger partial charge is 0.225 e. The van der Waals surface area contributed by atoms with Gasteiger partial charge in [-0.05, 0) is 0 Å². The van der Waals surface area contributed by atoms with E-state index < -0.39 is 0 Å². The summed E-state index contributed by atoms with van der Waals surface area (Å²) in [7, 11) is 0. The second-order valence-corrected chi connectivity index (χ2v) is 4.46. The predicted octanol–water partition coefficient (Wildman–Crippen LogP) is 0.747. The number of rotatable bonds is 1. The van der Waals surface area contributed by atoms with E-state index in [0.29, 0.717) is 17.7 Å². The Morgan fingerprint density at radius 2 is 1.85 bits per heavy atom. The van der Waals surface area contributed by atoms with Crippen LogP contribution in [0.25, 0.3) is 0 Å². The second kappa shape index (κ2) is 3.29. The van der Waals surface area contributed by atoms with E-state index in [9.17, 15) is 4.79 Å². The van der Waals surface area contributed by atoms with Crippen LogP contribution in [0.4, 0.5) is 0 Å². The lowest BCUT2D eigenvalue weighted by atomic mass is 10.0. The first-order valence-corrected chi connectivity index (χ1v) is 5.05. The van der Waals surface area contributed by atoms with Crippen LogP contribution in [0.2, 0.25) is 0 Å². The van der Waals surface area contributed by atoms with Crippen LogP contribution in [-0.4, -0.2) is 37.1 Å². The van der Waals surface area contributed by atoms with Crippen molar-refractivity contribution in [1.29, 1.82) is 0 Å². The Labute approximate surface area is 79.0 Å². The van der Waals surface area contributed by atoms with Crippen LogP contribution >= 0.6 is 0 Å². The van der Waals surface area contributed by atoms with Gasteiger partial charge in [-0.25, -0.2) is 0 Å². The number of carbonyl (C=O) groups excluding carboxylic acids is 1. The molecule has 2 unspecified atom stereocenters. The molecule has 2 atom stereocenters. The Kier molecular flexibility index (Phi) is 2.28. The summed E-state index contributed by atoms with van der Waals surface area (Å²) < 4.78 is 5.36. The summed E-state index contributed by atoms with van der Waals surface area (Å²) in [5.74, 6) is 1.67. The highest BCUT2D eigenvalue weighted by Crippen LogP contribution is 2.29. The first-order valence-electron chi connectivity index (χ1n) is 5.05. The van der Waals surface area contributed by atoms with Gasteiger partial charge in [0.25, 0.3) is 0 Å². The number of likely N-dealkylation sites (tertiary alicyclic amines) is 1. The fraction of sp³-hybridized carbons (Fsp3) is 0.900. The lowest BCUT2D eigenvalue weighted by Gasteiger charge is -2.19. The van der Waals surface area contributed by atoms with E-state index in [2.05, 4.69) is 0 Å². The minimum absolute atomic E-state index is 0.139. The number of hydrogen-bond donors (Lipinski definition) is 0. The quantitative estimate of drug-likeness (QED) is 0.600. The molecule has 74 valence electrons. The fourth-order valence-corrected chi connectivity index (χ4v) is 2.23. The first kappa shape index (κ1) is 9.00. The average molecular weight is 183 g/mol. The molecule has 0 aliphatic carbocycles. The second-order valence-electron chi connectivity index (χ2n) is 4.46. The van der Waals surface area contributed by atoms with Gasteiger partial charge in [-0.15, -0.1) is 0 Å². The molecule has 0 bridgehead atoms. The largest absolute Gasteiger partial charge is 0.381 e. The zero-order valence-corrected chi connectivity index (χ0v) is 8.32. The molecule has 1 amide bonds. The molecule has 2 rings (SSSR count). The highest BCUT2D eigenvalue weighted by Gasteiger charge is 2.39. The van der Waals surface area contributed by atoms with Gasteiger partial charge in [-0.2, -0.15) is 0 Å². The molecule has 0 aromatic rings. The first-order chi connectivity index (χ1) is 6.18. The number of carbonyl (C=O) groups is 1. The van der Waals surface area contributed by atoms with E-state index in [1.807, 2.05) is 18.7 Å². The van der Waals surface area contributed by atoms with Crippen LogP contribution < -0.4 is 0 Å². The van der Waals surface area contributed by atoms with Crippen molar-refractivity contribution in [3.05, 3.63) is 0 Å². The molecule has 0 spiro atoms. The third-order valence-electron chi connectivity index (χ3n) is 3.05. The van der Waals surface area contributed by atoms with Crippen molar-refractivity contribution in [2.45, 2.75) is 13.8 Å². The number of nitrogens with zero attached hydrogens (tertiary/aromatic N) is 1. The summed E-state index contributed by atoms with van der Waals surface area (Å²) in [6.45, 7) is 7.47. The lowest BCUT2D eigenvalue weighted by Crippen LogP contribution is -2.33. The van der Waals surface area contributed by atoms with Crippen LogP contribution in [-0.2, 0) is 9.53 Å². The molecule has 13 heavy (non-hydrogen) atoms. The van der Waals surface area contributed by atoms with E-state index in [1.165, 1.54) is 0 Å². The molecule has 3 nitrogen and oxygen atoms in total. The molecule has 0 aromatic carbocycles. The maximum absolute atomic E-state index is 11.7. The normalized spacial score (nSPS) is 32.7. The van der Waals surface area contributed by atoms with Gasteiger partial charge in [-0.3, -0.25) is 4.79 Å². The molecular weight excluding hydrogens is 166 g/mol. The molecule has 2 aliphatic rings. The average Bonchev–Trinajstić information content (AvgIpc) is 2.59. The van der Waals surface area contributed by atoms with Gasteiger partial charge in [0.15, 0.2) is 0 Å². The minimum Gasteiger partial charge on any atom is -0.381 e. The van der Waals surface area contributed by atoms with E-state index in [4.69, 9.17) is 4.74 Å². The van der Waals surface area contributed by atoms with Crippen LogP contribution in [0.3, 0.4) is 0 Å². The predicted molar refractivity (Wildman–Crippen MR) is 49.2 cm³/mol. The van der Waals surface area contributed by atoms with E-state index in [1.54, 1.807) is 0 Å². The summed E-state index contributed by atoms with van der Waals surface area (Å²) in [5.41, 5.74) is 0. The fourth-order valence-electron chi connectivity index (χ4n) is 2.23. The van der Waals surface area contributed by atoms with Crippen molar-refractivity contribution in [3.8, 4) is 0 Å². The van der Waals surface area contributed by atoms with Crippen LogP contribution in [0.5, 0.6) is 0 Å². The Balaban J connectivity index is 1.95. The monoisotopic (exact) mass is 183 g/mol. The van der Waals surface area contributed by atoms with E-state index >= 15 is 0 Å². The molecule has 2 saturated heterocycles. The van der Waals surface area contributed by atoms with Crippen LogP contribution in [0, 0.1) is 17.8 Å². The van der Waals surface area contributed by atoms with E-state index in [-0.39, 0.29) is 5.92 Å². The Morgan fingerprint density at radius 3 is 2.31 bits per heavy atom. The van der Waals surface area contributed by atoms with Gasteiger partial charge in [0.05, 0.1) is 13.2 Å². The Morgan fingerprint density at radius 1 is 1.31 bits per heavy atom. The molecule has 0 saturated carbocycles. The van der Waals surface area contributed by atoms with Crippen molar-refractivity contribution >= 4 is 5.91 Å². The van der Waals surface area contributed by atoms with Crippen LogP contribution in [0.1, 0.15) is 13.8 Å². The SMILES string of the molecule is CC(C)C(=O)N1CC2COCC2C1. The zero-order chi connectivity index (χ0) is 9.42. The zero-order valence-electron chi connectivity index (χ0n) is 8.32. The molecule has 3 heteroatoms. The van der Waals surface area contributed by atoms with Crippen LogP contribution in [0.15, 0.2) is 0 Å². The topological polar surface area (TPSA) is 29.5 Å². The third-order valence-corrected chi connectivity index (χ3v) is 3.05. The van der Waals surface area contributed by atoms with Gasteiger partial charge in [0, 0.05) is 30.8 Å². The highest BCUT2D eigenvalue weighted by atomic mass is 16.5. The van der Waals surface area contributed by atoms with Crippen molar-refractivity contribution in [1.82, 2.24) is 4.90 Å². The highest BCUT2D eigenvalue weighted by molar-refractivity contribution is 5.78. The van der Waals surface area contributed by atoms with Gasteiger partial charge >= 0.3 is 0 Å². The van der Waals surface area contributed by atoms with Crippen molar-refractivity contribution in [2.75, 3.05) is 26.3 Å². The molecule has 0 radical (unpaired) electrons. The number of fused-ring (bicyclic) bond motifs is 1. The Bertz CT molecular complexity index is 203. The van der Waals surface area contributed by atoms with Crippen molar-refractivity contribution in [3.63, 3.8) is 0 Å². The number of hydrogen-bond acceptors (Lipinski definition) is 2. The van der Waals surface area contributed by atoms with Gasteiger partial charge in [0.1, 0.15) is 0 Å². The summed E-state index contributed by atoms with van der Waals surface area (Å²) in [6.07, 6.45) is 0. The van der Waals surface area contributed by atoms with Gasteiger partial charge in [-0.1, -0.05) is 13.8 Å². The standard InChI is InChI=1S/C10H17NO2/c1-7(2)10(12)11-3-8-5-13-6-9(8)4-11/h7-9H,3-6H2,1-2H3. The van der Waals surface area contributed by atoms with E-state index in [0.717, 1.165) is 26.3 Å². The maximum atomic E-state index is 11.7. The summed E-state index contributed by atoms with van der Waals surface area (Å²) in [6, 6.07) is 0. The maximum Gasteiger partial charge on any atom is 0.225 e. The molecule has 2 aliphatic heterocycles. The minimum atomic E-state index is 0.139. The molecule has 2 fully saturated rings.